The Balaban J connectivity index is 1.27. The molecule has 5 nitrogen and oxygen atoms in total. The van der Waals surface area contributed by atoms with Gasteiger partial charge in [0.2, 0.25) is 0 Å². The van der Waals surface area contributed by atoms with E-state index in [9.17, 15) is 18.8 Å². The number of ketones is 1. The van der Waals surface area contributed by atoms with Crippen LogP contribution in [0.25, 0.3) is 0 Å². The highest BCUT2D eigenvalue weighted by Crippen LogP contribution is 2.60. The van der Waals surface area contributed by atoms with Crippen LogP contribution in [0, 0.1) is 29.0 Å². The Morgan fingerprint density at radius 1 is 1.04 bits per heavy atom. The first-order chi connectivity index (χ1) is 12.9. The van der Waals surface area contributed by atoms with Gasteiger partial charge in [-0.25, -0.2) is 4.39 Å². The highest BCUT2D eigenvalue weighted by Gasteiger charge is 2.54. The zero-order chi connectivity index (χ0) is 19.0. The van der Waals surface area contributed by atoms with Gasteiger partial charge in [-0.05, 0) is 68.4 Å². The third-order valence-electron chi connectivity index (χ3n) is 6.51. The standard InChI is InChI=1S/C21H24FNO4/c22-17-4-2-1-3-16(17)20(26)23-11-19(25)27-12-18(24)21-8-13-5-14(9-21)7-15(6-13)10-21/h1-4,13-15H,5-12H2,(H,23,26). The van der Waals surface area contributed by atoms with Crippen molar-refractivity contribution in [3.63, 3.8) is 0 Å². The normalized spacial score (nSPS) is 30.8. The number of carbonyl (C=O) groups is 3. The molecule has 6 heteroatoms. The molecule has 1 N–H and O–H groups in total. The van der Waals surface area contributed by atoms with Crippen molar-refractivity contribution in [1.29, 1.82) is 0 Å². The van der Waals surface area contributed by atoms with Gasteiger partial charge in [-0.15, -0.1) is 0 Å². The van der Waals surface area contributed by atoms with Gasteiger partial charge in [0.25, 0.3) is 5.91 Å². The van der Waals surface area contributed by atoms with E-state index in [4.69, 9.17) is 4.74 Å². The van der Waals surface area contributed by atoms with Crippen LogP contribution in [-0.2, 0) is 14.3 Å². The summed E-state index contributed by atoms with van der Waals surface area (Å²) in [6.45, 7) is -0.623. The van der Waals surface area contributed by atoms with Crippen LogP contribution in [0.2, 0.25) is 0 Å². The summed E-state index contributed by atoms with van der Waals surface area (Å²) in [6, 6.07) is 5.54. The average Bonchev–Trinajstić information content (AvgIpc) is 2.63. The summed E-state index contributed by atoms with van der Waals surface area (Å²) < 4.78 is 18.7. The predicted octanol–water partition coefficient (Wildman–Crippen LogP) is 2.88. The third kappa shape index (κ3) is 3.62. The molecule has 5 rings (SSSR count). The Morgan fingerprint density at radius 3 is 2.22 bits per heavy atom. The largest absolute Gasteiger partial charge is 0.456 e. The van der Waals surface area contributed by atoms with Crippen molar-refractivity contribution < 1.29 is 23.5 Å². The first kappa shape index (κ1) is 18.1. The number of halogens is 1. The summed E-state index contributed by atoms with van der Waals surface area (Å²) in [5.74, 6) is -0.0474. The second-order valence-electron chi connectivity index (χ2n) is 8.44. The molecule has 4 fully saturated rings. The number of hydrogen-bond donors (Lipinski definition) is 1. The fraction of sp³-hybridized carbons (Fsp3) is 0.571. The van der Waals surface area contributed by atoms with Gasteiger partial charge in [-0.3, -0.25) is 14.4 Å². The van der Waals surface area contributed by atoms with E-state index in [2.05, 4.69) is 5.32 Å². The van der Waals surface area contributed by atoms with Crippen LogP contribution in [-0.4, -0.2) is 30.8 Å². The molecule has 0 spiro atoms. The van der Waals surface area contributed by atoms with Gasteiger partial charge in [0.15, 0.2) is 12.4 Å². The fourth-order valence-electron chi connectivity index (χ4n) is 5.70. The van der Waals surface area contributed by atoms with Crippen LogP contribution >= 0.6 is 0 Å². The summed E-state index contributed by atoms with van der Waals surface area (Å²) >= 11 is 0. The zero-order valence-corrected chi connectivity index (χ0v) is 15.2. The van der Waals surface area contributed by atoms with Crippen LogP contribution in [0.4, 0.5) is 4.39 Å². The molecular formula is C21H24FNO4. The van der Waals surface area contributed by atoms with Crippen molar-refractivity contribution >= 4 is 17.7 Å². The maximum Gasteiger partial charge on any atom is 0.325 e. The number of ether oxygens (including phenoxy) is 1. The molecule has 1 aromatic carbocycles. The molecule has 4 aliphatic carbocycles. The molecule has 0 aromatic heterocycles. The molecule has 27 heavy (non-hydrogen) atoms. The first-order valence-corrected chi connectivity index (χ1v) is 9.67. The number of carbonyl (C=O) groups excluding carboxylic acids is 3. The van der Waals surface area contributed by atoms with Gasteiger partial charge in [0.1, 0.15) is 12.4 Å². The summed E-state index contributed by atoms with van der Waals surface area (Å²) in [7, 11) is 0. The Morgan fingerprint density at radius 2 is 1.63 bits per heavy atom. The van der Waals surface area contributed by atoms with Gasteiger partial charge in [0.05, 0.1) is 5.56 Å². The van der Waals surface area contributed by atoms with Crippen LogP contribution in [0.5, 0.6) is 0 Å². The molecule has 144 valence electrons. The SMILES string of the molecule is O=C(CNC(=O)c1ccccc1F)OCC(=O)C12CC3CC(CC(C3)C1)C2. The number of hydrogen-bond acceptors (Lipinski definition) is 4. The average molecular weight is 373 g/mol. The van der Waals surface area contributed by atoms with Gasteiger partial charge >= 0.3 is 5.97 Å². The molecular weight excluding hydrogens is 349 g/mol. The van der Waals surface area contributed by atoms with Gasteiger partial charge in [-0.2, -0.15) is 0 Å². The Hall–Kier alpha value is -2.24. The lowest BCUT2D eigenvalue weighted by Gasteiger charge is -2.55. The Kier molecular flexibility index (Phi) is 4.74. The van der Waals surface area contributed by atoms with Crippen LogP contribution in [0.15, 0.2) is 24.3 Å². The van der Waals surface area contributed by atoms with Crippen LogP contribution < -0.4 is 5.32 Å². The van der Waals surface area contributed by atoms with Gasteiger partial charge in [0, 0.05) is 5.41 Å². The quantitative estimate of drug-likeness (QED) is 0.779. The molecule has 1 aromatic rings. The summed E-state index contributed by atoms with van der Waals surface area (Å²) in [5.41, 5.74) is -0.430. The molecule has 0 atom stereocenters. The maximum atomic E-state index is 13.6. The van der Waals surface area contributed by atoms with Crippen molar-refractivity contribution in [3.05, 3.63) is 35.6 Å². The first-order valence-electron chi connectivity index (χ1n) is 9.67. The van der Waals surface area contributed by atoms with E-state index in [0.717, 1.165) is 19.3 Å². The highest BCUT2D eigenvalue weighted by atomic mass is 19.1. The third-order valence-corrected chi connectivity index (χ3v) is 6.51. The van der Waals surface area contributed by atoms with Crippen LogP contribution in [0.3, 0.4) is 0 Å². The van der Waals surface area contributed by atoms with Gasteiger partial charge < -0.3 is 10.1 Å². The number of nitrogens with one attached hydrogen (secondary N) is 1. The number of amides is 1. The molecule has 0 radical (unpaired) electrons. The smallest absolute Gasteiger partial charge is 0.325 e. The van der Waals surface area contributed by atoms with E-state index in [1.54, 1.807) is 6.07 Å². The molecule has 0 heterocycles. The second kappa shape index (κ2) is 7.06. The molecule has 0 aliphatic heterocycles. The Labute approximate surface area is 157 Å². The second-order valence-corrected chi connectivity index (χ2v) is 8.44. The van der Waals surface area contributed by atoms with Crippen LogP contribution in [0.1, 0.15) is 48.9 Å². The number of esters is 1. The topological polar surface area (TPSA) is 72.5 Å². The number of benzene rings is 1. The zero-order valence-electron chi connectivity index (χ0n) is 15.2. The van der Waals surface area contributed by atoms with E-state index >= 15 is 0 Å². The molecule has 4 saturated carbocycles. The minimum atomic E-state index is -0.683. The lowest BCUT2D eigenvalue weighted by atomic mass is 9.48. The van der Waals surface area contributed by atoms with Crippen molar-refractivity contribution in [2.45, 2.75) is 38.5 Å². The van der Waals surface area contributed by atoms with Crippen molar-refractivity contribution in [1.82, 2.24) is 5.32 Å². The minimum absolute atomic E-state index is 0.0235. The maximum absolute atomic E-state index is 13.6. The van der Waals surface area contributed by atoms with Crippen molar-refractivity contribution in [2.75, 3.05) is 13.2 Å². The fourth-order valence-corrected chi connectivity index (χ4v) is 5.70. The molecule has 4 bridgehead atoms. The Bertz CT molecular complexity index is 740. The summed E-state index contributed by atoms with van der Waals surface area (Å²) in [5, 5.41) is 2.33. The van der Waals surface area contributed by atoms with E-state index in [1.807, 2.05) is 0 Å². The minimum Gasteiger partial charge on any atom is -0.456 e. The predicted molar refractivity (Wildman–Crippen MR) is 95.3 cm³/mol. The van der Waals surface area contributed by atoms with Gasteiger partial charge in [-0.1, -0.05) is 12.1 Å². The van der Waals surface area contributed by atoms with Crippen molar-refractivity contribution in [2.24, 2.45) is 23.2 Å². The summed E-state index contributed by atoms with van der Waals surface area (Å²) in [6.07, 6.45) is 6.52. The molecule has 1 amide bonds. The highest BCUT2D eigenvalue weighted by molar-refractivity contribution is 5.96. The van der Waals surface area contributed by atoms with Crippen molar-refractivity contribution in [3.8, 4) is 0 Å². The number of Topliss-reactive ketones (excluding diaryl/α,β-unsaturated/α-hetero) is 1. The summed E-state index contributed by atoms with van der Waals surface area (Å²) in [4.78, 5) is 36.6. The molecule has 0 saturated heterocycles. The van der Waals surface area contributed by atoms with E-state index < -0.39 is 17.7 Å². The lowest BCUT2D eigenvalue weighted by molar-refractivity contribution is -0.157. The number of rotatable bonds is 6. The monoisotopic (exact) mass is 373 g/mol. The van der Waals surface area contributed by atoms with E-state index in [-0.39, 0.29) is 29.9 Å². The molecule has 0 unspecified atom stereocenters. The van der Waals surface area contributed by atoms with E-state index in [0.29, 0.717) is 17.8 Å². The van der Waals surface area contributed by atoms with E-state index in [1.165, 1.54) is 37.5 Å². The molecule has 4 aliphatic rings. The lowest BCUT2D eigenvalue weighted by Crippen LogP contribution is -2.51.